The van der Waals surface area contributed by atoms with Gasteiger partial charge >= 0.3 is 0 Å². The highest BCUT2D eigenvalue weighted by atomic mass is 35.5. The van der Waals surface area contributed by atoms with Crippen LogP contribution in [0.2, 0.25) is 5.02 Å². The summed E-state index contributed by atoms with van der Waals surface area (Å²) in [6.45, 7) is 4.33. The molecule has 0 unspecified atom stereocenters. The van der Waals surface area contributed by atoms with E-state index in [4.69, 9.17) is 11.6 Å². The minimum atomic E-state index is -3.50. The molecular formula is C13H16ClN3O2S. The number of benzene rings is 1. The molecule has 0 saturated heterocycles. The van der Waals surface area contributed by atoms with Crippen LogP contribution in [-0.2, 0) is 16.6 Å². The van der Waals surface area contributed by atoms with Gasteiger partial charge in [-0.15, -0.1) is 0 Å². The Balaban J connectivity index is 2.06. The summed E-state index contributed by atoms with van der Waals surface area (Å²) in [5, 5.41) is 4.52. The molecule has 0 spiro atoms. The van der Waals surface area contributed by atoms with Crippen molar-refractivity contribution >= 4 is 21.6 Å². The average molecular weight is 314 g/mol. The van der Waals surface area contributed by atoms with Gasteiger partial charge in [0.2, 0.25) is 10.0 Å². The van der Waals surface area contributed by atoms with Crippen molar-refractivity contribution in [2.24, 2.45) is 0 Å². The molecule has 2 rings (SSSR count). The highest BCUT2D eigenvalue weighted by Gasteiger charge is 2.16. The lowest BCUT2D eigenvalue weighted by Gasteiger charge is -2.10. The molecule has 1 aromatic carbocycles. The lowest BCUT2D eigenvalue weighted by molar-refractivity contribution is 0.560. The summed E-state index contributed by atoms with van der Waals surface area (Å²) < 4.78 is 28.6. The zero-order chi connectivity index (χ0) is 14.8. The Labute approximate surface area is 123 Å². The summed E-state index contributed by atoms with van der Waals surface area (Å²) in [7, 11) is -3.50. The van der Waals surface area contributed by atoms with Crippen molar-refractivity contribution in [3.63, 3.8) is 0 Å². The number of aromatic nitrogens is 2. The Hall–Kier alpha value is -1.37. The van der Waals surface area contributed by atoms with Crippen LogP contribution in [0, 0.1) is 13.8 Å². The second kappa shape index (κ2) is 5.95. The van der Waals surface area contributed by atoms with Gasteiger partial charge in [-0.1, -0.05) is 23.7 Å². The molecule has 1 aromatic heterocycles. The molecule has 0 radical (unpaired) electrons. The van der Waals surface area contributed by atoms with Crippen molar-refractivity contribution in [2.45, 2.75) is 25.3 Å². The largest absolute Gasteiger partial charge is 0.270 e. The van der Waals surface area contributed by atoms with E-state index in [2.05, 4.69) is 9.82 Å². The van der Waals surface area contributed by atoms with Crippen LogP contribution in [0.5, 0.6) is 0 Å². The second-order valence-corrected chi connectivity index (χ2v) is 6.76. The molecule has 2 aromatic rings. The molecule has 1 heterocycles. The summed E-state index contributed by atoms with van der Waals surface area (Å²) in [6.07, 6.45) is 3.16. The highest BCUT2D eigenvalue weighted by Crippen LogP contribution is 2.16. The van der Waals surface area contributed by atoms with Crippen molar-refractivity contribution in [3.8, 4) is 0 Å². The maximum atomic E-state index is 12.2. The fraction of sp³-hybridized carbons (Fsp3) is 0.308. The van der Waals surface area contributed by atoms with Crippen molar-refractivity contribution in [1.82, 2.24) is 14.5 Å². The number of halogens is 1. The van der Waals surface area contributed by atoms with Crippen LogP contribution in [0.3, 0.4) is 0 Å². The number of rotatable bonds is 5. The van der Waals surface area contributed by atoms with Gasteiger partial charge in [0.1, 0.15) is 0 Å². The first-order valence-electron chi connectivity index (χ1n) is 6.13. The summed E-state index contributed by atoms with van der Waals surface area (Å²) in [4.78, 5) is 0.316. The van der Waals surface area contributed by atoms with Crippen LogP contribution in [0.1, 0.15) is 11.1 Å². The molecule has 1 N–H and O–H groups in total. The number of aryl methyl sites for hydroxylation is 2. The predicted octanol–water partition coefficient (Wildman–Crippen LogP) is 2.13. The Morgan fingerprint density at radius 3 is 2.75 bits per heavy atom. The molecule has 108 valence electrons. The minimum absolute atomic E-state index is 0.258. The fourth-order valence-corrected chi connectivity index (χ4v) is 3.33. The van der Waals surface area contributed by atoms with E-state index in [0.717, 1.165) is 11.1 Å². The molecule has 0 amide bonds. The first kappa shape index (κ1) is 15.0. The average Bonchev–Trinajstić information content (AvgIpc) is 2.78. The van der Waals surface area contributed by atoms with E-state index in [0.29, 0.717) is 16.5 Å². The number of nitrogens with one attached hydrogen (secondary N) is 1. The molecular weight excluding hydrogens is 298 g/mol. The number of nitrogens with zero attached hydrogens (tertiary/aromatic N) is 2. The van der Waals surface area contributed by atoms with E-state index in [-0.39, 0.29) is 6.54 Å². The Bertz CT molecular complexity index is 710. The third-order valence-electron chi connectivity index (χ3n) is 2.87. The van der Waals surface area contributed by atoms with Crippen molar-refractivity contribution < 1.29 is 8.42 Å². The number of sulfonamides is 1. The van der Waals surface area contributed by atoms with Gasteiger partial charge in [-0.05, 0) is 31.0 Å². The molecule has 0 atom stereocenters. The Morgan fingerprint density at radius 2 is 2.10 bits per heavy atom. The fourth-order valence-electron chi connectivity index (χ4n) is 1.83. The maximum Gasteiger partial charge on any atom is 0.240 e. The molecule has 0 aliphatic rings. The zero-order valence-corrected chi connectivity index (χ0v) is 12.9. The zero-order valence-electron chi connectivity index (χ0n) is 11.3. The monoisotopic (exact) mass is 313 g/mol. The first-order chi connectivity index (χ1) is 9.38. The molecule has 0 bridgehead atoms. The topological polar surface area (TPSA) is 64.0 Å². The third kappa shape index (κ3) is 3.59. The van der Waals surface area contributed by atoms with Gasteiger partial charge in [0.15, 0.2) is 0 Å². The van der Waals surface area contributed by atoms with Gasteiger partial charge in [-0.25, -0.2) is 13.1 Å². The summed E-state index contributed by atoms with van der Waals surface area (Å²) >= 11 is 5.74. The summed E-state index contributed by atoms with van der Waals surface area (Å²) in [5.74, 6) is 0. The smallest absolute Gasteiger partial charge is 0.240 e. The highest BCUT2D eigenvalue weighted by molar-refractivity contribution is 7.89. The Kier molecular flexibility index (Phi) is 4.47. The van der Waals surface area contributed by atoms with E-state index in [1.54, 1.807) is 29.9 Å². The van der Waals surface area contributed by atoms with Gasteiger partial charge in [-0.3, -0.25) is 4.68 Å². The lowest BCUT2D eigenvalue weighted by atomic mass is 10.2. The van der Waals surface area contributed by atoms with Crippen molar-refractivity contribution in [1.29, 1.82) is 0 Å². The second-order valence-electron chi connectivity index (χ2n) is 4.59. The lowest BCUT2D eigenvalue weighted by Crippen LogP contribution is -2.28. The quantitative estimate of drug-likeness (QED) is 0.919. The third-order valence-corrected chi connectivity index (χ3v) is 4.67. The minimum Gasteiger partial charge on any atom is -0.270 e. The molecule has 0 saturated carbocycles. The summed E-state index contributed by atoms with van der Waals surface area (Å²) in [6, 6.07) is 5.36. The van der Waals surface area contributed by atoms with Crippen molar-refractivity contribution in [3.05, 3.63) is 46.7 Å². The molecule has 7 heteroatoms. The number of hydrogen-bond donors (Lipinski definition) is 1. The van der Waals surface area contributed by atoms with Crippen LogP contribution in [-0.4, -0.2) is 24.7 Å². The molecule has 5 nitrogen and oxygen atoms in total. The Morgan fingerprint density at radius 1 is 1.35 bits per heavy atom. The van der Waals surface area contributed by atoms with Crippen LogP contribution in [0.15, 0.2) is 35.5 Å². The van der Waals surface area contributed by atoms with Crippen molar-refractivity contribution in [2.75, 3.05) is 6.54 Å². The van der Waals surface area contributed by atoms with Gasteiger partial charge < -0.3 is 0 Å². The van der Waals surface area contributed by atoms with Crippen LogP contribution in [0.25, 0.3) is 0 Å². The van der Waals surface area contributed by atoms with E-state index in [1.165, 1.54) is 6.20 Å². The van der Waals surface area contributed by atoms with Crippen LogP contribution in [0.4, 0.5) is 0 Å². The van der Waals surface area contributed by atoms with E-state index in [1.807, 2.05) is 13.0 Å². The normalized spacial score (nSPS) is 11.8. The van der Waals surface area contributed by atoms with Crippen LogP contribution < -0.4 is 4.72 Å². The van der Waals surface area contributed by atoms with Gasteiger partial charge in [0.25, 0.3) is 0 Å². The molecule has 0 fully saturated rings. The molecule has 0 aliphatic heterocycles. The van der Waals surface area contributed by atoms with Gasteiger partial charge in [0.05, 0.1) is 22.7 Å². The first-order valence-corrected chi connectivity index (χ1v) is 7.99. The van der Waals surface area contributed by atoms with E-state index < -0.39 is 10.0 Å². The van der Waals surface area contributed by atoms with Crippen LogP contribution >= 0.6 is 11.6 Å². The van der Waals surface area contributed by atoms with Gasteiger partial charge in [-0.2, -0.15) is 5.10 Å². The van der Waals surface area contributed by atoms with E-state index >= 15 is 0 Å². The predicted molar refractivity (Wildman–Crippen MR) is 78.3 cm³/mol. The van der Waals surface area contributed by atoms with Gasteiger partial charge in [0, 0.05) is 12.7 Å². The standard InChI is InChI=1S/C13H16ClN3O2S/c1-10-3-4-11(2)13(7-10)20(18,19)16-5-6-17-9-12(14)8-15-17/h3-4,7-9,16H,5-6H2,1-2H3. The SMILES string of the molecule is Cc1ccc(C)c(S(=O)(=O)NCCn2cc(Cl)cn2)c1. The summed E-state index contributed by atoms with van der Waals surface area (Å²) in [5.41, 5.74) is 1.64. The maximum absolute atomic E-state index is 12.2. The molecule has 20 heavy (non-hydrogen) atoms. The molecule has 0 aliphatic carbocycles. The van der Waals surface area contributed by atoms with E-state index in [9.17, 15) is 8.42 Å². The number of hydrogen-bond acceptors (Lipinski definition) is 3.